The summed E-state index contributed by atoms with van der Waals surface area (Å²) in [6.07, 6.45) is 1.17. The number of nitrogens with one attached hydrogen (secondary N) is 1. The molecule has 0 aliphatic carbocycles. The number of carbonyl (C=O) groups excluding carboxylic acids is 1. The molecule has 1 rings (SSSR count). The van der Waals surface area contributed by atoms with Crippen LogP contribution in [0.3, 0.4) is 0 Å². The quantitative estimate of drug-likeness (QED) is 0.657. The van der Waals surface area contributed by atoms with Crippen molar-refractivity contribution in [3.8, 4) is 0 Å². The van der Waals surface area contributed by atoms with E-state index in [1.54, 1.807) is 12.3 Å². The molecule has 0 bridgehead atoms. The van der Waals surface area contributed by atoms with E-state index >= 15 is 0 Å². The molecule has 0 spiro atoms. The Hall–Kier alpha value is -1.47. The summed E-state index contributed by atoms with van der Waals surface area (Å²) in [5.74, 6) is -1.45. The summed E-state index contributed by atoms with van der Waals surface area (Å²) >= 11 is 1.36. The minimum absolute atomic E-state index is 0.178. The number of hydrogen-bond donors (Lipinski definition) is 3. The molecule has 0 aliphatic rings. The molecule has 1 aromatic heterocycles. The number of amides is 1. The van der Waals surface area contributed by atoms with Crippen LogP contribution in [0.25, 0.3) is 0 Å². The number of carbonyl (C=O) groups is 2. The lowest BCUT2D eigenvalue weighted by Gasteiger charge is -2.06. The normalized spacial score (nSPS) is 13.8. The Labute approximate surface area is 116 Å². The number of nitrogens with zero attached hydrogens (tertiary/aromatic N) is 1. The van der Waals surface area contributed by atoms with Crippen LogP contribution < -0.4 is 11.1 Å². The number of aromatic nitrogens is 1. The molecule has 2 atom stereocenters. The van der Waals surface area contributed by atoms with E-state index in [0.29, 0.717) is 25.1 Å². The standard InChI is InChI=1S/C12H19N3O3S/c1-7(12(17)18)4-3-5-14-10(16)9-6-19-11(15-9)8(2)13/h6-8H,3-5,13H2,1-2H3,(H,14,16)(H,17,18). The molecular weight excluding hydrogens is 266 g/mol. The van der Waals surface area contributed by atoms with Crippen molar-refractivity contribution in [2.75, 3.05) is 6.54 Å². The molecule has 1 heterocycles. The van der Waals surface area contributed by atoms with E-state index < -0.39 is 5.97 Å². The number of nitrogens with two attached hydrogens (primary N) is 1. The SMILES string of the molecule is CC(CCCNC(=O)c1csc(C(C)N)n1)C(=O)O. The van der Waals surface area contributed by atoms with E-state index in [0.717, 1.165) is 5.01 Å². The molecule has 19 heavy (non-hydrogen) atoms. The highest BCUT2D eigenvalue weighted by Crippen LogP contribution is 2.15. The minimum Gasteiger partial charge on any atom is -0.481 e. The summed E-state index contributed by atoms with van der Waals surface area (Å²) < 4.78 is 0. The third-order valence-corrected chi connectivity index (χ3v) is 3.71. The van der Waals surface area contributed by atoms with Crippen molar-refractivity contribution >= 4 is 23.2 Å². The van der Waals surface area contributed by atoms with Gasteiger partial charge >= 0.3 is 5.97 Å². The summed E-state index contributed by atoms with van der Waals surface area (Å²) in [6.45, 7) is 3.91. The fraction of sp³-hybridized carbons (Fsp3) is 0.583. The zero-order valence-corrected chi connectivity index (χ0v) is 11.9. The maximum absolute atomic E-state index is 11.7. The molecule has 7 heteroatoms. The largest absolute Gasteiger partial charge is 0.481 e. The number of carboxylic acids is 1. The molecule has 106 valence electrons. The number of carboxylic acid groups (broad SMARTS) is 1. The molecule has 6 nitrogen and oxygen atoms in total. The second-order valence-electron chi connectivity index (χ2n) is 4.50. The second kappa shape index (κ2) is 7.20. The lowest BCUT2D eigenvalue weighted by molar-refractivity contribution is -0.141. The van der Waals surface area contributed by atoms with Gasteiger partial charge in [-0.05, 0) is 19.8 Å². The molecule has 1 amide bonds. The van der Waals surface area contributed by atoms with Gasteiger partial charge in [-0.25, -0.2) is 4.98 Å². The van der Waals surface area contributed by atoms with E-state index in [9.17, 15) is 9.59 Å². The van der Waals surface area contributed by atoms with Gasteiger partial charge in [-0.3, -0.25) is 9.59 Å². The van der Waals surface area contributed by atoms with Crippen LogP contribution >= 0.6 is 11.3 Å². The Kier molecular flexibility index (Phi) is 5.91. The molecule has 0 aliphatic heterocycles. The van der Waals surface area contributed by atoms with Crippen LogP contribution in [-0.2, 0) is 4.79 Å². The van der Waals surface area contributed by atoms with E-state index in [1.165, 1.54) is 11.3 Å². The third kappa shape index (κ3) is 4.96. The average Bonchev–Trinajstić information content (AvgIpc) is 2.83. The van der Waals surface area contributed by atoms with Gasteiger partial charge in [0.15, 0.2) is 0 Å². The van der Waals surface area contributed by atoms with E-state index in [1.807, 2.05) is 6.92 Å². The Morgan fingerprint density at radius 2 is 2.21 bits per heavy atom. The van der Waals surface area contributed by atoms with Crippen molar-refractivity contribution in [1.29, 1.82) is 0 Å². The van der Waals surface area contributed by atoms with Gasteiger partial charge in [0.05, 0.1) is 12.0 Å². The number of hydrogen-bond acceptors (Lipinski definition) is 5. The first kappa shape index (κ1) is 15.6. The van der Waals surface area contributed by atoms with Crippen molar-refractivity contribution in [2.24, 2.45) is 11.7 Å². The van der Waals surface area contributed by atoms with Crippen LogP contribution in [-0.4, -0.2) is 28.5 Å². The van der Waals surface area contributed by atoms with Crippen molar-refractivity contribution < 1.29 is 14.7 Å². The predicted molar refractivity (Wildman–Crippen MR) is 73.1 cm³/mol. The number of aliphatic carboxylic acids is 1. The molecule has 0 saturated carbocycles. The highest BCUT2D eigenvalue weighted by Gasteiger charge is 2.13. The molecule has 4 N–H and O–H groups in total. The summed E-state index contributed by atoms with van der Waals surface area (Å²) in [4.78, 5) is 26.5. The molecule has 2 unspecified atom stereocenters. The molecule has 0 aromatic carbocycles. The van der Waals surface area contributed by atoms with Gasteiger partial charge in [-0.1, -0.05) is 6.92 Å². The lowest BCUT2D eigenvalue weighted by Crippen LogP contribution is -2.25. The second-order valence-corrected chi connectivity index (χ2v) is 5.39. The van der Waals surface area contributed by atoms with Gasteiger partial charge in [0.1, 0.15) is 10.7 Å². The van der Waals surface area contributed by atoms with Crippen LogP contribution in [0.1, 0.15) is 48.2 Å². The molecular formula is C12H19N3O3S. The summed E-state index contributed by atoms with van der Waals surface area (Å²) in [6, 6.07) is -0.178. The zero-order valence-electron chi connectivity index (χ0n) is 11.0. The Morgan fingerprint density at radius 1 is 1.53 bits per heavy atom. The van der Waals surface area contributed by atoms with Gasteiger partial charge in [0.25, 0.3) is 5.91 Å². The van der Waals surface area contributed by atoms with Gasteiger partial charge in [-0.2, -0.15) is 0 Å². The van der Waals surface area contributed by atoms with Crippen LogP contribution in [0.15, 0.2) is 5.38 Å². The van der Waals surface area contributed by atoms with E-state index in [-0.39, 0.29) is 17.9 Å². The minimum atomic E-state index is -0.813. The first-order valence-corrected chi connectivity index (χ1v) is 7.01. The molecule has 1 aromatic rings. The van der Waals surface area contributed by atoms with Crippen molar-refractivity contribution in [3.05, 3.63) is 16.1 Å². The van der Waals surface area contributed by atoms with E-state index in [2.05, 4.69) is 10.3 Å². The summed E-state index contributed by atoms with van der Waals surface area (Å²) in [5, 5.41) is 13.8. The van der Waals surface area contributed by atoms with Gasteiger partial charge in [0, 0.05) is 11.9 Å². The average molecular weight is 285 g/mol. The number of thiazole rings is 1. The van der Waals surface area contributed by atoms with E-state index in [4.69, 9.17) is 10.8 Å². The summed E-state index contributed by atoms with van der Waals surface area (Å²) in [7, 11) is 0. The van der Waals surface area contributed by atoms with Gasteiger partial charge in [0.2, 0.25) is 0 Å². The van der Waals surface area contributed by atoms with Crippen molar-refractivity contribution in [2.45, 2.75) is 32.7 Å². The molecule has 0 fully saturated rings. The van der Waals surface area contributed by atoms with Crippen molar-refractivity contribution in [3.63, 3.8) is 0 Å². The fourth-order valence-electron chi connectivity index (χ4n) is 1.43. The first-order valence-electron chi connectivity index (χ1n) is 6.13. The number of rotatable bonds is 7. The highest BCUT2D eigenvalue weighted by molar-refractivity contribution is 7.09. The molecule has 0 saturated heterocycles. The van der Waals surface area contributed by atoms with Gasteiger partial charge in [-0.15, -0.1) is 11.3 Å². The Morgan fingerprint density at radius 3 is 2.74 bits per heavy atom. The van der Waals surface area contributed by atoms with Crippen molar-refractivity contribution in [1.82, 2.24) is 10.3 Å². The topological polar surface area (TPSA) is 105 Å². The smallest absolute Gasteiger partial charge is 0.306 e. The van der Waals surface area contributed by atoms with Crippen LogP contribution in [0.2, 0.25) is 0 Å². The van der Waals surface area contributed by atoms with Crippen LogP contribution in [0, 0.1) is 5.92 Å². The van der Waals surface area contributed by atoms with Gasteiger partial charge < -0.3 is 16.2 Å². The Bertz CT molecular complexity index is 445. The Balaban J connectivity index is 2.33. The maximum Gasteiger partial charge on any atom is 0.306 e. The maximum atomic E-state index is 11.7. The highest BCUT2D eigenvalue weighted by atomic mass is 32.1. The fourth-order valence-corrected chi connectivity index (χ4v) is 2.18. The predicted octanol–water partition coefficient (Wildman–Crippen LogP) is 1.39. The lowest BCUT2D eigenvalue weighted by atomic mass is 10.1. The summed E-state index contributed by atoms with van der Waals surface area (Å²) in [5.41, 5.74) is 6.04. The van der Waals surface area contributed by atoms with Crippen LogP contribution in [0.4, 0.5) is 0 Å². The monoisotopic (exact) mass is 285 g/mol. The molecule has 0 radical (unpaired) electrons. The third-order valence-electron chi connectivity index (χ3n) is 2.67. The van der Waals surface area contributed by atoms with Crippen LogP contribution in [0.5, 0.6) is 0 Å². The first-order chi connectivity index (χ1) is 8.91. The zero-order chi connectivity index (χ0) is 14.4.